The summed E-state index contributed by atoms with van der Waals surface area (Å²) < 4.78 is 65.0. The number of aromatic nitrogens is 3. The fourth-order valence-corrected chi connectivity index (χ4v) is 7.26. The summed E-state index contributed by atoms with van der Waals surface area (Å²) in [6, 6.07) is 27.5. The Bertz CT molecular complexity index is 2450. The Morgan fingerprint density at radius 1 is 0.792 bits per heavy atom. The molecule has 4 heterocycles. The Kier molecular flexibility index (Phi) is 8.09. The molecule has 0 amide bonds. The van der Waals surface area contributed by atoms with Crippen molar-refractivity contribution < 1.29 is 37.1 Å². The van der Waals surface area contributed by atoms with Gasteiger partial charge in [-0.3, -0.25) is 0 Å². The standard InChI is InChI=1S/C25H18FN2O.C16H20NSi.Ir/c1-14-11-15(2)23(16(3)12-14)17-9-10-27-21(13-17)20-6-4-5-18-19-7-8-22(26)28-25(19)29-24(18)20;1-12-6-8-14(9-7-12)15-10-13(2)16(11-17-15)18(3,4)5;/h4-5,7-13H,1-3H3;6-8,10-11H,1-5H3;/q2*-1;/i;1D3,2D3;. The van der Waals surface area contributed by atoms with Crippen molar-refractivity contribution in [2.24, 2.45) is 0 Å². The summed E-state index contributed by atoms with van der Waals surface area (Å²) in [4.78, 5) is 12.8. The van der Waals surface area contributed by atoms with Gasteiger partial charge >= 0.3 is 0 Å². The molecule has 0 saturated heterocycles. The van der Waals surface area contributed by atoms with Gasteiger partial charge in [0.05, 0.1) is 13.7 Å². The molecule has 0 atom stereocenters. The molecule has 48 heavy (non-hydrogen) atoms. The molecule has 0 N–H and O–H groups in total. The van der Waals surface area contributed by atoms with Crippen LogP contribution in [0.2, 0.25) is 19.6 Å². The summed E-state index contributed by atoms with van der Waals surface area (Å²) in [5, 5.41) is 2.46. The van der Waals surface area contributed by atoms with E-state index in [-0.39, 0.29) is 31.4 Å². The van der Waals surface area contributed by atoms with E-state index in [0.29, 0.717) is 22.4 Å². The molecule has 4 nitrogen and oxygen atoms in total. The van der Waals surface area contributed by atoms with E-state index in [1.165, 1.54) is 40.5 Å². The van der Waals surface area contributed by atoms with Crippen molar-refractivity contribution in [3.05, 3.63) is 131 Å². The number of furan rings is 1. The summed E-state index contributed by atoms with van der Waals surface area (Å²) in [7, 11) is -1.85. The van der Waals surface area contributed by atoms with E-state index in [1.54, 1.807) is 30.6 Å². The molecule has 0 aliphatic heterocycles. The summed E-state index contributed by atoms with van der Waals surface area (Å²) in [6.07, 6.45) is 3.45. The van der Waals surface area contributed by atoms with E-state index in [9.17, 15) is 4.39 Å². The fourth-order valence-electron chi connectivity index (χ4n) is 5.93. The maximum absolute atomic E-state index is 13.5. The number of nitrogens with zero attached hydrogens (tertiary/aromatic N) is 3. The molecule has 0 fully saturated rings. The molecule has 1 radical (unpaired) electrons. The molecule has 3 aromatic carbocycles. The van der Waals surface area contributed by atoms with Gasteiger partial charge in [0, 0.05) is 46.1 Å². The van der Waals surface area contributed by atoms with E-state index < -0.39 is 27.7 Å². The molecule has 7 rings (SSSR count). The molecule has 0 saturated carbocycles. The van der Waals surface area contributed by atoms with Crippen LogP contribution in [0.25, 0.3) is 55.7 Å². The van der Waals surface area contributed by atoms with Gasteiger partial charge in [0.2, 0.25) is 11.7 Å². The maximum Gasteiger partial charge on any atom is 0.218 e. The molecule has 0 unspecified atom stereocenters. The molecule has 4 aromatic heterocycles. The Morgan fingerprint density at radius 3 is 2.27 bits per heavy atom. The summed E-state index contributed by atoms with van der Waals surface area (Å²) in [5.74, 6) is -0.562. The molecule has 0 bridgehead atoms. The van der Waals surface area contributed by atoms with E-state index in [1.807, 2.05) is 18.2 Å². The average molecular weight is 834 g/mol. The van der Waals surface area contributed by atoms with Gasteiger partial charge in [-0.05, 0) is 84.7 Å². The van der Waals surface area contributed by atoms with Crippen molar-refractivity contribution in [3.8, 4) is 33.6 Å². The third-order valence-corrected chi connectivity index (χ3v) is 10.1. The summed E-state index contributed by atoms with van der Waals surface area (Å²) in [5.41, 5.74) is 9.97. The largest absolute Gasteiger partial charge is 0.486 e. The second kappa shape index (κ2) is 14.1. The average Bonchev–Trinajstić information content (AvgIpc) is 3.45. The van der Waals surface area contributed by atoms with Crippen LogP contribution in [-0.4, -0.2) is 23.0 Å². The van der Waals surface area contributed by atoms with E-state index in [4.69, 9.17) is 12.6 Å². The van der Waals surface area contributed by atoms with Gasteiger partial charge in [0.1, 0.15) is 0 Å². The van der Waals surface area contributed by atoms with Gasteiger partial charge in [0.15, 0.2) is 0 Å². The number of pyridine rings is 3. The van der Waals surface area contributed by atoms with Crippen molar-refractivity contribution >= 4 is 35.3 Å². The van der Waals surface area contributed by atoms with Crippen molar-refractivity contribution in [3.63, 3.8) is 0 Å². The van der Waals surface area contributed by atoms with Gasteiger partial charge in [-0.2, -0.15) is 9.37 Å². The van der Waals surface area contributed by atoms with E-state index >= 15 is 0 Å². The molecular weight excluding hydrogens is 790 g/mol. The van der Waals surface area contributed by atoms with Crippen LogP contribution in [0.4, 0.5) is 4.39 Å². The third kappa shape index (κ3) is 7.24. The van der Waals surface area contributed by atoms with Crippen LogP contribution >= 0.6 is 0 Å². The second-order valence-electron chi connectivity index (χ2n) is 12.7. The first-order chi connectivity index (χ1) is 24.8. The van der Waals surface area contributed by atoms with Gasteiger partial charge < -0.3 is 14.4 Å². The Balaban J connectivity index is 0.000000208. The van der Waals surface area contributed by atoms with Gasteiger partial charge in [-0.15, -0.1) is 53.6 Å². The van der Waals surface area contributed by atoms with Crippen LogP contribution in [0.15, 0.2) is 89.6 Å². The number of hydrogen-bond acceptors (Lipinski definition) is 4. The number of benzene rings is 3. The number of fused-ring (bicyclic) bond motifs is 3. The van der Waals surface area contributed by atoms with Crippen LogP contribution in [0, 0.1) is 52.6 Å². The third-order valence-electron chi connectivity index (χ3n) is 8.05. The van der Waals surface area contributed by atoms with Gasteiger partial charge in [0.25, 0.3) is 0 Å². The first kappa shape index (κ1) is 27.6. The van der Waals surface area contributed by atoms with E-state index in [2.05, 4.69) is 85.7 Å². The first-order valence-electron chi connectivity index (χ1n) is 18.3. The van der Waals surface area contributed by atoms with Crippen molar-refractivity contribution in [1.29, 1.82) is 0 Å². The summed E-state index contributed by atoms with van der Waals surface area (Å²) in [6.45, 7) is 8.20. The molecular formula is C41H38FIrN3OSi-2. The minimum atomic E-state index is -2.22. The molecule has 7 heteroatoms. The SMILES string of the molecule is Cc1cc(C)c(-c2ccnc(-c3[c-]ccc4c3oc3nc(F)ccc34)c2)c(C)c1.[2H]C([2H])([2H])c1c[c-]c(-c2cc(C([2H])([2H])[2H])c([Si](C)(C)C)cn2)cc1.[Ir]. The van der Waals surface area contributed by atoms with E-state index in [0.717, 1.165) is 32.8 Å². The van der Waals surface area contributed by atoms with Crippen molar-refractivity contribution in [1.82, 2.24) is 15.0 Å². The minimum Gasteiger partial charge on any atom is -0.486 e. The van der Waals surface area contributed by atoms with Crippen molar-refractivity contribution in [2.75, 3.05) is 0 Å². The normalized spacial score (nSPS) is 13.6. The zero-order chi connectivity index (χ0) is 38.5. The molecule has 0 aliphatic rings. The Morgan fingerprint density at radius 2 is 1.58 bits per heavy atom. The van der Waals surface area contributed by atoms with Crippen LogP contribution in [-0.2, 0) is 20.1 Å². The molecule has 7 aromatic rings. The van der Waals surface area contributed by atoms with Crippen LogP contribution in [0.1, 0.15) is 36.0 Å². The number of rotatable bonds is 4. The number of halogens is 1. The van der Waals surface area contributed by atoms with Gasteiger partial charge in [-0.25, -0.2) is 0 Å². The first-order valence-corrected chi connectivity index (χ1v) is 18.8. The molecule has 245 valence electrons. The second-order valence-corrected chi connectivity index (χ2v) is 17.8. The Labute approximate surface area is 305 Å². The maximum atomic E-state index is 13.5. The zero-order valence-corrected chi connectivity index (χ0v) is 30.9. The van der Waals surface area contributed by atoms with Gasteiger partial charge in [-0.1, -0.05) is 72.8 Å². The number of aryl methyl sites for hydroxylation is 5. The van der Waals surface area contributed by atoms with Crippen molar-refractivity contribution in [2.45, 2.75) is 54.1 Å². The fraction of sp³-hybridized carbons (Fsp3) is 0.195. The van der Waals surface area contributed by atoms with Crippen LogP contribution < -0.4 is 5.19 Å². The minimum absolute atomic E-state index is 0. The monoisotopic (exact) mass is 834 g/mol. The topological polar surface area (TPSA) is 51.8 Å². The smallest absolute Gasteiger partial charge is 0.218 e. The Hall–Kier alpha value is -4.29. The zero-order valence-electron chi connectivity index (χ0n) is 33.5. The summed E-state index contributed by atoms with van der Waals surface area (Å²) >= 11 is 0. The molecule has 0 aliphatic carbocycles. The quantitative estimate of drug-likeness (QED) is 0.101. The van der Waals surface area contributed by atoms with Crippen LogP contribution in [0.5, 0.6) is 0 Å². The predicted molar refractivity (Wildman–Crippen MR) is 194 cm³/mol. The predicted octanol–water partition coefficient (Wildman–Crippen LogP) is 10.3. The van der Waals surface area contributed by atoms with Crippen LogP contribution in [0.3, 0.4) is 0 Å². The number of hydrogen-bond donors (Lipinski definition) is 0. The molecule has 0 spiro atoms.